The van der Waals surface area contributed by atoms with Crippen LogP contribution in [0.5, 0.6) is 0 Å². The number of nitrogens with zero attached hydrogens (tertiary/aromatic N) is 2. The number of aromatic nitrogens is 1. The summed E-state index contributed by atoms with van der Waals surface area (Å²) < 4.78 is 8.96. The average molecular weight is 642 g/mol. The van der Waals surface area contributed by atoms with E-state index in [-0.39, 0.29) is 14.5 Å². The van der Waals surface area contributed by atoms with Crippen LogP contribution < -0.4 is 4.90 Å². The summed E-state index contributed by atoms with van der Waals surface area (Å²) in [5.74, 6) is 0.678. The standard InChI is InChI=1S/C41H26N2OSe/c1-2-14-29(15-3-1)43(30-16-8-13-28(25-30)33-18-9-12-27-11-4-5-17-32(27)33)31-23-24-34-39(26-31)45-38-22-10-19-35(40(34)38)41-42-36-20-6-7-21-37(36)44-41/h1-26H. The summed E-state index contributed by atoms with van der Waals surface area (Å²) in [5.41, 5.74) is 8.59. The molecular formula is C41H26N2OSe. The van der Waals surface area contributed by atoms with Gasteiger partial charge in [-0.3, -0.25) is 0 Å². The van der Waals surface area contributed by atoms with Gasteiger partial charge in [0.25, 0.3) is 0 Å². The first-order valence-electron chi connectivity index (χ1n) is 15.0. The van der Waals surface area contributed by atoms with Crippen LogP contribution in [0.4, 0.5) is 17.1 Å². The van der Waals surface area contributed by atoms with Gasteiger partial charge in [0.05, 0.1) is 0 Å². The van der Waals surface area contributed by atoms with E-state index in [4.69, 9.17) is 9.40 Å². The molecule has 0 radical (unpaired) electrons. The molecule has 2 heterocycles. The fraction of sp³-hybridized carbons (Fsp3) is 0. The van der Waals surface area contributed by atoms with E-state index in [1.807, 2.05) is 24.3 Å². The number of hydrogen-bond donors (Lipinski definition) is 0. The molecule has 0 amide bonds. The number of para-hydroxylation sites is 3. The van der Waals surface area contributed by atoms with Gasteiger partial charge in [-0.15, -0.1) is 0 Å². The first-order chi connectivity index (χ1) is 22.3. The SMILES string of the molecule is c1ccc(N(c2cccc(-c3cccc4ccccc34)c2)c2ccc3c(c2)[se]c2cccc(-c4nc5ccccc5o4)c23)cc1. The Kier molecular flexibility index (Phi) is 6.15. The fourth-order valence-corrected chi connectivity index (χ4v) is 8.88. The van der Waals surface area contributed by atoms with Crippen molar-refractivity contribution in [2.75, 3.05) is 4.90 Å². The van der Waals surface area contributed by atoms with Crippen LogP contribution in [0, 0.1) is 0 Å². The van der Waals surface area contributed by atoms with Gasteiger partial charge in [0.15, 0.2) is 0 Å². The zero-order valence-corrected chi connectivity index (χ0v) is 25.9. The van der Waals surface area contributed by atoms with Crippen LogP contribution in [0.3, 0.4) is 0 Å². The predicted molar refractivity (Wildman–Crippen MR) is 189 cm³/mol. The predicted octanol–water partition coefficient (Wildman–Crippen LogP) is 11.1. The number of oxazole rings is 1. The van der Waals surface area contributed by atoms with Crippen molar-refractivity contribution in [3.05, 3.63) is 158 Å². The molecule has 9 aromatic rings. The van der Waals surface area contributed by atoms with E-state index in [0.29, 0.717) is 5.89 Å². The van der Waals surface area contributed by atoms with Crippen LogP contribution in [0.25, 0.3) is 63.7 Å². The molecular weight excluding hydrogens is 615 g/mol. The Morgan fingerprint density at radius 2 is 1.24 bits per heavy atom. The first-order valence-corrected chi connectivity index (χ1v) is 16.8. The van der Waals surface area contributed by atoms with Crippen molar-refractivity contribution in [2.24, 2.45) is 0 Å². The molecule has 0 atom stereocenters. The molecule has 0 aliphatic carbocycles. The van der Waals surface area contributed by atoms with Gasteiger partial charge in [0, 0.05) is 0 Å². The third-order valence-corrected chi connectivity index (χ3v) is 10.8. The van der Waals surface area contributed by atoms with E-state index in [9.17, 15) is 0 Å². The molecule has 0 aliphatic rings. The van der Waals surface area contributed by atoms with Gasteiger partial charge < -0.3 is 0 Å². The summed E-state index contributed by atoms with van der Waals surface area (Å²) >= 11 is 0.163. The zero-order chi connectivity index (χ0) is 29.7. The first kappa shape index (κ1) is 26.0. The number of benzene rings is 7. The molecule has 0 bridgehead atoms. The molecule has 9 rings (SSSR count). The molecule has 212 valence electrons. The second-order valence-corrected chi connectivity index (χ2v) is 13.5. The third kappa shape index (κ3) is 4.46. The molecule has 0 aliphatic heterocycles. The summed E-state index contributed by atoms with van der Waals surface area (Å²) in [5, 5.41) is 5.02. The minimum absolute atomic E-state index is 0.163. The Balaban J connectivity index is 1.20. The number of anilines is 3. The monoisotopic (exact) mass is 642 g/mol. The topological polar surface area (TPSA) is 29.3 Å². The van der Waals surface area contributed by atoms with Gasteiger partial charge in [-0.2, -0.15) is 0 Å². The fourth-order valence-electron chi connectivity index (χ4n) is 6.43. The van der Waals surface area contributed by atoms with Gasteiger partial charge in [0.1, 0.15) is 0 Å². The van der Waals surface area contributed by atoms with Crippen molar-refractivity contribution in [3.63, 3.8) is 0 Å². The van der Waals surface area contributed by atoms with E-state index >= 15 is 0 Å². The molecule has 45 heavy (non-hydrogen) atoms. The quantitative estimate of drug-likeness (QED) is 0.175. The van der Waals surface area contributed by atoms with Crippen molar-refractivity contribution in [1.29, 1.82) is 0 Å². The Bertz CT molecular complexity index is 2470. The van der Waals surface area contributed by atoms with Crippen LogP contribution in [0.15, 0.2) is 162 Å². The van der Waals surface area contributed by atoms with Gasteiger partial charge in [-0.1, -0.05) is 0 Å². The van der Waals surface area contributed by atoms with Crippen LogP contribution in [0.2, 0.25) is 0 Å². The van der Waals surface area contributed by atoms with Crippen molar-refractivity contribution in [1.82, 2.24) is 4.98 Å². The summed E-state index contributed by atoms with van der Waals surface area (Å²) in [6.45, 7) is 0. The van der Waals surface area contributed by atoms with Crippen molar-refractivity contribution in [3.8, 4) is 22.6 Å². The van der Waals surface area contributed by atoms with Gasteiger partial charge in [-0.25, -0.2) is 0 Å². The molecule has 0 unspecified atom stereocenters. The molecule has 4 heteroatoms. The summed E-state index contributed by atoms with van der Waals surface area (Å²) in [6, 6.07) is 56.1. The maximum absolute atomic E-state index is 6.23. The summed E-state index contributed by atoms with van der Waals surface area (Å²) in [7, 11) is 0. The number of fused-ring (bicyclic) bond motifs is 5. The molecule has 0 spiro atoms. The van der Waals surface area contributed by atoms with Crippen LogP contribution >= 0.6 is 0 Å². The average Bonchev–Trinajstić information content (AvgIpc) is 3.70. The zero-order valence-electron chi connectivity index (χ0n) is 24.2. The Morgan fingerprint density at radius 3 is 2.18 bits per heavy atom. The summed E-state index contributed by atoms with van der Waals surface area (Å²) in [6.07, 6.45) is 0. The van der Waals surface area contributed by atoms with E-state index in [1.165, 1.54) is 41.2 Å². The second kappa shape index (κ2) is 10.6. The molecule has 0 N–H and O–H groups in total. The Hall–Kier alpha value is -5.41. The molecule has 0 saturated heterocycles. The Labute approximate surface area is 266 Å². The van der Waals surface area contributed by atoms with Crippen LogP contribution in [-0.4, -0.2) is 19.5 Å². The van der Waals surface area contributed by atoms with Gasteiger partial charge >= 0.3 is 267 Å². The van der Waals surface area contributed by atoms with Crippen LogP contribution in [0.1, 0.15) is 0 Å². The van der Waals surface area contributed by atoms with Crippen molar-refractivity contribution in [2.45, 2.75) is 0 Å². The van der Waals surface area contributed by atoms with Crippen molar-refractivity contribution < 1.29 is 4.42 Å². The minimum atomic E-state index is 0.163. The van der Waals surface area contributed by atoms with E-state index in [1.54, 1.807) is 0 Å². The summed E-state index contributed by atoms with van der Waals surface area (Å²) in [4.78, 5) is 7.21. The van der Waals surface area contributed by atoms with E-state index in [2.05, 4.69) is 138 Å². The molecule has 0 fully saturated rings. The molecule has 7 aromatic carbocycles. The maximum atomic E-state index is 6.23. The van der Waals surface area contributed by atoms with Crippen molar-refractivity contribution >= 4 is 72.7 Å². The number of hydrogen-bond acceptors (Lipinski definition) is 3. The Morgan fingerprint density at radius 1 is 0.511 bits per heavy atom. The van der Waals surface area contributed by atoms with E-state index < -0.39 is 0 Å². The van der Waals surface area contributed by atoms with Gasteiger partial charge in [-0.05, 0) is 0 Å². The molecule has 2 aromatic heterocycles. The number of rotatable bonds is 5. The normalized spacial score (nSPS) is 11.6. The second-order valence-electron chi connectivity index (χ2n) is 11.2. The third-order valence-electron chi connectivity index (χ3n) is 8.48. The van der Waals surface area contributed by atoms with Gasteiger partial charge in [0.2, 0.25) is 0 Å². The van der Waals surface area contributed by atoms with Crippen LogP contribution in [-0.2, 0) is 0 Å². The molecule has 3 nitrogen and oxygen atoms in total. The molecule has 0 saturated carbocycles. The van der Waals surface area contributed by atoms with E-state index in [0.717, 1.165) is 33.7 Å².